The predicted molar refractivity (Wildman–Crippen MR) is 96.4 cm³/mol. The summed E-state index contributed by atoms with van der Waals surface area (Å²) in [6.45, 7) is 3.84. The monoisotopic (exact) mass is 364 g/mol. The molecule has 1 amide bonds. The Balaban J connectivity index is 1.53. The number of hydrogen-bond acceptors (Lipinski definition) is 3. The van der Waals surface area contributed by atoms with Gasteiger partial charge in [0.1, 0.15) is 0 Å². The molecule has 6 heteroatoms. The van der Waals surface area contributed by atoms with Gasteiger partial charge in [0.25, 0.3) is 0 Å². The van der Waals surface area contributed by atoms with Crippen molar-refractivity contribution < 1.29 is 14.7 Å². The van der Waals surface area contributed by atoms with Crippen LogP contribution < -0.4 is 0 Å². The molecule has 1 saturated heterocycles. The molecular weight excluding hydrogens is 340 g/mol. The van der Waals surface area contributed by atoms with Gasteiger partial charge in [0.05, 0.1) is 11.8 Å². The van der Waals surface area contributed by atoms with Gasteiger partial charge >= 0.3 is 5.97 Å². The van der Waals surface area contributed by atoms with E-state index in [4.69, 9.17) is 11.6 Å². The molecule has 0 bridgehead atoms. The van der Waals surface area contributed by atoms with E-state index in [2.05, 4.69) is 4.90 Å². The summed E-state index contributed by atoms with van der Waals surface area (Å²) >= 11 is 5.92. The maximum Gasteiger partial charge on any atom is 0.307 e. The Bertz CT molecular complexity index is 612. The van der Waals surface area contributed by atoms with E-state index in [-0.39, 0.29) is 11.8 Å². The van der Waals surface area contributed by atoms with E-state index < -0.39 is 11.9 Å². The summed E-state index contributed by atoms with van der Waals surface area (Å²) in [7, 11) is 0. The molecule has 2 unspecified atom stereocenters. The fraction of sp³-hybridized carbons (Fsp3) is 0.579. The van der Waals surface area contributed by atoms with Crippen molar-refractivity contribution in [3.8, 4) is 0 Å². The molecule has 2 atom stereocenters. The number of hydrogen-bond donors (Lipinski definition) is 1. The highest BCUT2D eigenvalue weighted by Gasteiger charge is 2.38. The molecule has 0 radical (unpaired) electrons. The summed E-state index contributed by atoms with van der Waals surface area (Å²) in [6, 6.07) is 7.84. The zero-order valence-electron chi connectivity index (χ0n) is 14.4. The molecule has 1 N–H and O–H groups in total. The third kappa shape index (κ3) is 4.53. The van der Waals surface area contributed by atoms with Crippen molar-refractivity contribution in [2.45, 2.75) is 32.2 Å². The van der Waals surface area contributed by atoms with Gasteiger partial charge in [0, 0.05) is 37.7 Å². The molecule has 1 aliphatic heterocycles. The van der Waals surface area contributed by atoms with E-state index in [0.29, 0.717) is 25.9 Å². The molecule has 2 aliphatic rings. The van der Waals surface area contributed by atoms with E-state index >= 15 is 0 Å². The molecule has 1 saturated carbocycles. The number of aliphatic carboxylic acids is 1. The fourth-order valence-electron chi connectivity index (χ4n) is 3.93. The maximum atomic E-state index is 12.8. The Morgan fingerprint density at radius 2 is 1.60 bits per heavy atom. The number of carbonyl (C=O) groups excluding carboxylic acids is 1. The molecule has 25 heavy (non-hydrogen) atoms. The fourth-order valence-corrected chi connectivity index (χ4v) is 4.06. The number of halogens is 1. The summed E-state index contributed by atoms with van der Waals surface area (Å²) in [5, 5.41) is 10.1. The predicted octanol–water partition coefficient (Wildman–Crippen LogP) is 2.88. The van der Waals surface area contributed by atoms with Crippen LogP contribution in [0.5, 0.6) is 0 Å². The lowest BCUT2D eigenvalue weighted by molar-refractivity contribution is -0.153. The van der Waals surface area contributed by atoms with Gasteiger partial charge in [-0.1, -0.05) is 36.6 Å². The number of nitrogens with zero attached hydrogens (tertiary/aromatic N) is 2. The summed E-state index contributed by atoms with van der Waals surface area (Å²) in [6.07, 6.45) is 3.20. The molecular formula is C19H25ClN2O3. The number of amides is 1. The summed E-state index contributed by atoms with van der Waals surface area (Å²) in [5.41, 5.74) is 1.21. The summed E-state index contributed by atoms with van der Waals surface area (Å²) in [5.74, 6) is -1.62. The zero-order valence-corrected chi connectivity index (χ0v) is 15.1. The molecule has 3 rings (SSSR count). The molecule has 1 aromatic rings. The van der Waals surface area contributed by atoms with Crippen LogP contribution in [-0.2, 0) is 16.1 Å². The number of carboxylic acids is 1. The van der Waals surface area contributed by atoms with Crippen LogP contribution >= 0.6 is 11.6 Å². The van der Waals surface area contributed by atoms with Gasteiger partial charge in [0.2, 0.25) is 5.91 Å². The van der Waals surface area contributed by atoms with Crippen LogP contribution in [0, 0.1) is 11.8 Å². The van der Waals surface area contributed by atoms with Crippen molar-refractivity contribution in [1.82, 2.24) is 9.80 Å². The van der Waals surface area contributed by atoms with E-state index in [0.717, 1.165) is 37.5 Å². The lowest BCUT2D eigenvalue weighted by Crippen LogP contribution is -2.51. The number of carboxylic acid groups (broad SMARTS) is 1. The lowest BCUT2D eigenvalue weighted by atomic mass is 9.78. The van der Waals surface area contributed by atoms with Gasteiger partial charge in [0.15, 0.2) is 0 Å². The molecule has 5 nitrogen and oxygen atoms in total. The van der Waals surface area contributed by atoms with Crippen LogP contribution in [0.2, 0.25) is 5.02 Å². The Morgan fingerprint density at radius 1 is 1.00 bits per heavy atom. The van der Waals surface area contributed by atoms with E-state index in [1.165, 1.54) is 5.56 Å². The number of rotatable bonds is 4. The average Bonchev–Trinajstić information content (AvgIpc) is 2.63. The van der Waals surface area contributed by atoms with E-state index in [1.54, 1.807) is 0 Å². The molecule has 136 valence electrons. The van der Waals surface area contributed by atoms with Crippen LogP contribution in [0.3, 0.4) is 0 Å². The summed E-state index contributed by atoms with van der Waals surface area (Å²) < 4.78 is 0. The molecule has 0 aromatic heterocycles. The third-order valence-electron chi connectivity index (χ3n) is 5.40. The third-order valence-corrected chi connectivity index (χ3v) is 5.66. The first kappa shape index (κ1) is 18.2. The second-order valence-corrected chi connectivity index (χ2v) is 7.50. The highest BCUT2D eigenvalue weighted by Crippen LogP contribution is 2.32. The minimum absolute atomic E-state index is 0.0400. The lowest BCUT2D eigenvalue weighted by Gasteiger charge is -2.38. The first-order chi connectivity index (χ1) is 12.0. The van der Waals surface area contributed by atoms with Crippen molar-refractivity contribution in [1.29, 1.82) is 0 Å². The largest absolute Gasteiger partial charge is 0.481 e. The van der Waals surface area contributed by atoms with Crippen molar-refractivity contribution in [3.05, 3.63) is 34.9 Å². The highest BCUT2D eigenvalue weighted by molar-refractivity contribution is 6.30. The molecule has 1 aromatic carbocycles. The van der Waals surface area contributed by atoms with Crippen LogP contribution in [0.25, 0.3) is 0 Å². The highest BCUT2D eigenvalue weighted by atomic mass is 35.5. The van der Waals surface area contributed by atoms with Crippen molar-refractivity contribution in [3.63, 3.8) is 0 Å². The molecule has 1 aliphatic carbocycles. The van der Waals surface area contributed by atoms with Crippen LogP contribution in [0.1, 0.15) is 31.2 Å². The SMILES string of the molecule is O=C(O)C1CCCCC1C(=O)N1CCN(Cc2ccc(Cl)cc2)CC1. The Morgan fingerprint density at radius 3 is 2.20 bits per heavy atom. The topological polar surface area (TPSA) is 60.9 Å². The van der Waals surface area contributed by atoms with Gasteiger partial charge in [-0.2, -0.15) is 0 Å². The minimum Gasteiger partial charge on any atom is -0.481 e. The van der Waals surface area contributed by atoms with Gasteiger partial charge in [-0.25, -0.2) is 0 Å². The minimum atomic E-state index is -0.820. The first-order valence-corrected chi connectivity index (χ1v) is 9.41. The molecule has 0 spiro atoms. The second kappa shape index (κ2) is 8.19. The standard InChI is InChI=1S/C19H25ClN2O3/c20-15-7-5-14(6-8-15)13-21-9-11-22(12-10-21)18(23)16-3-1-2-4-17(16)19(24)25/h5-8,16-17H,1-4,9-13H2,(H,24,25). The normalized spacial score (nSPS) is 24.9. The molecule has 2 fully saturated rings. The second-order valence-electron chi connectivity index (χ2n) is 7.06. The van der Waals surface area contributed by atoms with E-state index in [1.807, 2.05) is 29.2 Å². The smallest absolute Gasteiger partial charge is 0.307 e. The first-order valence-electron chi connectivity index (χ1n) is 9.03. The zero-order chi connectivity index (χ0) is 17.8. The van der Waals surface area contributed by atoms with E-state index in [9.17, 15) is 14.7 Å². The van der Waals surface area contributed by atoms with Gasteiger partial charge in [-0.3, -0.25) is 14.5 Å². The Kier molecular flexibility index (Phi) is 5.97. The van der Waals surface area contributed by atoms with Crippen LogP contribution in [-0.4, -0.2) is 53.0 Å². The Labute approximate surface area is 153 Å². The van der Waals surface area contributed by atoms with Gasteiger partial charge < -0.3 is 10.0 Å². The molecule has 1 heterocycles. The van der Waals surface area contributed by atoms with Gasteiger partial charge in [-0.05, 0) is 30.5 Å². The van der Waals surface area contributed by atoms with Crippen molar-refractivity contribution >= 4 is 23.5 Å². The number of benzene rings is 1. The maximum absolute atomic E-state index is 12.8. The number of piperazine rings is 1. The van der Waals surface area contributed by atoms with Crippen molar-refractivity contribution in [2.75, 3.05) is 26.2 Å². The van der Waals surface area contributed by atoms with Crippen LogP contribution in [0.15, 0.2) is 24.3 Å². The number of carbonyl (C=O) groups is 2. The Hall–Kier alpha value is -1.59. The summed E-state index contributed by atoms with van der Waals surface area (Å²) in [4.78, 5) is 28.4. The average molecular weight is 365 g/mol. The quantitative estimate of drug-likeness (QED) is 0.892. The van der Waals surface area contributed by atoms with Gasteiger partial charge in [-0.15, -0.1) is 0 Å². The van der Waals surface area contributed by atoms with Crippen LogP contribution in [0.4, 0.5) is 0 Å². The van der Waals surface area contributed by atoms with Crippen molar-refractivity contribution in [2.24, 2.45) is 11.8 Å².